The number of hydrogen-bond donors (Lipinski definition) is 1. The second-order valence-corrected chi connectivity index (χ2v) is 8.31. The highest BCUT2D eigenvalue weighted by Crippen LogP contribution is 2.35. The van der Waals surface area contributed by atoms with Gasteiger partial charge in [0.15, 0.2) is 0 Å². The average Bonchev–Trinajstić information content (AvgIpc) is 2.35. The molecule has 0 heterocycles. The minimum absolute atomic E-state index is 0.248. The maximum Gasteiger partial charge on any atom is 0.241 e. The Morgan fingerprint density at radius 3 is 2.37 bits per heavy atom. The highest BCUT2D eigenvalue weighted by molar-refractivity contribution is 9.14. The molecule has 1 rings (SSSR count). The van der Waals surface area contributed by atoms with E-state index in [-0.39, 0.29) is 4.90 Å². The molecule has 0 aliphatic rings. The van der Waals surface area contributed by atoms with Crippen LogP contribution in [0.15, 0.2) is 30.4 Å². The van der Waals surface area contributed by atoms with Crippen LogP contribution in [0.3, 0.4) is 0 Å². The Labute approximate surface area is 140 Å². The van der Waals surface area contributed by atoms with E-state index in [1.807, 2.05) is 0 Å². The predicted molar refractivity (Wildman–Crippen MR) is 88.9 cm³/mol. The molecule has 0 saturated heterocycles. The van der Waals surface area contributed by atoms with Crippen molar-refractivity contribution in [2.45, 2.75) is 37.5 Å². The summed E-state index contributed by atoms with van der Waals surface area (Å²) in [5, 5.41) is 0. The maximum absolute atomic E-state index is 12.2. The molecular formula is C12H16Br3NO2S. The number of benzene rings is 1. The van der Waals surface area contributed by atoms with Crippen LogP contribution < -0.4 is 4.72 Å². The lowest BCUT2D eigenvalue weighted by Crippen LogP contribution is -2.25. The Hall–Kier alpha value is 0.570. The first-order chi connectivity index (χ1) is 8.90. The zero-order chi connectivity index (χ0) is 14.5. The fourth-order valence-electron chi connectivity index (χ4n) is 1.55. The lowest BCUT2D eigenvalue weighted by atomic mass is 10.2. The Morgan fingerprint density at radius 2 is 1.74 bits per heavy atom. The van der Waals surface area contributed by atoms with Crippen LogP contribution in [-0.4, -0.2) is 15.0 Å². The first-order valence-corrected chi connectivity index (χ1v) is 9.89. The number of hydrogen-bond acceptors (Lipinski definition) is 2. The summed E-state index contributed by atoms with van der Waals surface area (Å²) in [6.45, 7) is 2.60. The monoisotopic (exact) mass is 475 g/mol. The highest BCUT2D eigenvalue weighted by Gasteiger charge is 2.19. The molecule has 0 bridgehead atoms. The molecule has 108 valence electrons. The van der Waals surface area contributed by atoms with Crippen molar-refractivity contribution in [3.63, 3.8) is 0 Å². The molecule has 0 amide bonds. The van der Waals surface area contributed by atoms with Gasteiger partial charge >= 0.3 is 0 Å². The summed E-state index contributed by atoms with van der Waals surface area (Å²) in [5.41, 5.74) is 0. The standard InChI is InChI=1S/C12H16Br3NO2S/c1-2-3-4-5-8-16-19(17,18)10-7-6-9(13)11(14)12(10)15/h6-7,16H,2-5,8H2,1H3. The van der Waals surface area contributed by atoms with Crippen LogP contribution in [0, 0.1) is 0 Å². The lowest BCUT2D eigenvalue weighted by molar-refractivity contribution is 0.573. The second kappa shape index (κ2) is 8.12. The fraction of sp³-hybridized carbons (Fsp3) is 0.500. The van der Waals surface area contributed by atoms with E-state index < -0.39 is 10.0 Å². The van der Waals surface area contributed by atoms with Crippen molar-refractivity contribution in [1.82, 2.24) is 4.72 Å². The molecule has 0 radical (unpaired) electrons. The third-order valence-corrected chi connectivity index (χ3v) is 7.75. The van der Waals surface area contributed by atoms with Crippen LogP contribution in [0.25, 0.3) is 0 Å². The van der Waals surface area contributed by atoms with Crippen LogP contribution in [0.1, 0.15) is 32.6 Å². The van der Waals surface area contributed by atoms with Gasteiger partial charge in [0, 0.05) is 15.5 Å². The summed E-state index contributed by atoms with van der Waals surface area (Å²) in [6.07, 6.45) is 4.18. The molecule has 0 fully saturated rings. The Bertz CT molecular complexity index is 532. The van der Waals surface area contributed by atoms with Gasteiger partial charge in [0.1, 0.15) is 0 Å². The highest BCUT2D eigenvalue weighted by atomic mass is 79.9. The first kappa shape index (κ1) is 17.6. The van der Waals surface area contributed by atoms with Gasteiger partial charge in [-0.05, 0) is 66.3 Å². The van der Waals surface area contributed by atoms with Gasteiger partial charge in [-0.25, -0.2) is 13.1 Å². The third-order valence-electron chi connectivity index (χ3n) is 2.61. The first-order valence-electron chi connectivity index (χ1n) is 6.03. The van der Waals surface area contributed by atoms with Gasteiger partial charge in [0.05, 0.1) is 9.37 Å². The SMILES string of the molecule is CCCCCCNS(=O)(=O)c1ccc(Br)c(Br)c1Br. The van der Waals surface area contributed by atoms with Crippen molar-refractivity contribution in [2.24, 2.45) is 0 Å². The van der Waals surface area contributed by atoms with Gasteiger partial charge in [0.25, 0.3) is 0 Å². The summed E-state index contributed by atoms with van der Waals surface area (Å²) in [4.78, 5) is 0.248. The van der Waals surface area contributed by atoms with Crippen molar-refractivity contribution in [1.29, 1.82) is 0 Å². The Kier molecular flexibility index (Phi) is 7.53. The van der Waals surface area contributed by atoms with Gasteiger partial charge in [-0.1, -0.05) is 26.2 Å². The third kappa shape index (κ3) is 5.12. The second-order valence-electron chi connectivity index (χ2n) is 4.13. The number of halogens is 3. The molecule has 1 aromatic carbocycles. The predicted octanol–water partition coefficient (Wildman–Crippen LogP) is 4.83. The molecular weight excluding hydrogens is 462 g/mol. The molecule has 0 aromatic heterocycles. The molecule has 0 aliphatic carbocycles. The summed E-state index contributed by atoms with van der Waals surface area (Å²) in [7, 11) is -3.47. The van der Waals surface area contributed by atoms with Gasteiger partial charge in [-0.3, -0.25) is 0 Å². The molecule has 0 saturated carbocycles. The lowest BCUT2D eigenvalue weighted by Gasteiger charge is -2.10. The quantitative estimate of drug-likeness (QED) is 0.451. The molecule has 0 atom stereocenters. The molecule has 1 aromatic rings. The van der Waals surface area contributed by atoms with E-state index in [9.17, 15) is 8.42 Å². The summed E-state index contributed by atoms with van der Waals surface area (Å²) >= 11 is 9.98. The van der Waals surface area contributed by atoms with Gasteiger partial charge < -0.3 is 0 Å². The molecule has 3 nitrogen and oxygen atoms in total. The van der Waals surface area contributed by atoms with E-state index in [0.717, 1.165) is 30.2 Å². The average molecular weight is 478 g/mol. The number of nitrogens with one attached hydrogen (secondary N) is 1. The van der Waals surface area contributed by atoms with Gasteiger partial charge in [-0.15, -0.1) is 0 Å². The number of unbranched alkanes of at least 4 members (excludes halogenated alkanes) is 3. The largest absolute Gasteiger partial charge is 0.241 e. The smallest absolute Gasteiger partial charge is 0.211 e. The van der Waals surface area contributed by atoms with Crippen molar-refractivity contribution in [2.75, 3.05) is 6.54 Å². The maximum atomic E-state index is 12.2. The fourth-order valence-corrected chi connectivity index (χ4v) is 4.76. The van der Waals surface area contributed by atoms with Crippen molar-refractivity contribution >= 4 is 57.8 Å². The van der Waals surface area contributed by atoms with E-state index in [0.29, 0.717) is 15.5 Å². The van der Waals surface area contributed by atoms with Crippen LogP contribution in [0.5, 0.6) is 0 Å². The molecule has 1 N–H and O–H groups in total. The van der Waals surface area contributed by atoms with Crippen LogP contribution in [-0.2, 0) is 10.0 Å². The molecule has 0 aliphatic heterocycles. The Balaban J connectivity index is 2.75. The normalized spacial score (nSPS) is 11.8. The van der Waals surface area contributed by atoms with E-state index in [4.69, 9.17) is 0 Å². The van der Waals surface area contributed by atoms with Crippen LogP contribution in [0.4, 0.5) is 0 Å². The van der Waals surface area contributed by atoms with E-state index in [1.54, 1.807) is 12.1 Å². The van der Waals surface area contributed by atoms with Gasteiger partial charge in [0.2, 0.25) is 10.0 Å². The molecule has 7 heteroatoms. The Morgan fingerprint density at radius 1 is 1.05 bits per heavy atom. The zero-order valence-electron chi connectivity index (χ0n) is 10.5. The minimum atomic E-state index is -3.47. The number of sulfonamides is 1. The van der Waals surface area contributed by atoms with E-state index in [2.05, 4.69) is 59.4 Å². The van der Waals surface area contributed by atoms with Crippen LogP contribution in [0.2, 0.25) is 0 Å². The molecule has 0 spiro atoms. The zero-order valence-corrected chi connectivity index (χ0v) is 16.1. The summed E-state index contributed by atoms with van der Waals surface area (Å²) in [5.74, 6) is 0. The van der Waals surface area contributed by atoms with E-state index in [1.165, 1.54) is 0 Å². The van der Waals surface area contributed by atoms with E-state index >= 15 is 0 Å². The number of rotatable bonds is 7. The summed E-state index contributed by atoms with van der Waals surface area (Å²) < 4.78 is 29.0. The molecule has 0 unspecified atom stereocenters. The minimum Gasteiger partial charge on any atom is -0.211 e. The van der Waals surface area contributed by atoms with Gasteiger partial charge in [-0.2, -0.15) is 0 Å². The summed E-state index contributed by atoms with van der Waals surface area (Å²) in [6, 6.07) is 3.29. The topological polar surface area (TPSA) is 46.2 Å². The van der Waals surface area contributed by atoms with Crippen molar-refractivity contribution in [3.05, 3.63) is 25.6 Å². The molecule has 19 heavy (non-hydrogen) atoms. The van der Waals surface area contributed by atoms with Crippen molar-refractivity contribution < 1.29 is 8.42 Å². The van der Waals surface area contributed by atoms with Crippen molar-refractivity contribution in [3.8, 4) is 0 Å². The van der Waals surface area contributed by atoms with Crippen LogP contribution >= 0.6 is 47.8 Å².